The Hall–Kier alpha value is -0.750. The second-order valence-electron chi connectivity index (χ2n) is 1.97. The van der Waals surface area contributed by atoms with Crippen molar-refractivity contribution in [3.8, 4) is 0 Å². The topological polar surface area (TPSA) is 60.0 Å². The SMILES string of the molecule is CSc1nn(CO)c(=O)n1C. The summed E-state index contributed by atoms with van der Waals surface area (Å²) < 4.78 is 2.40. The average molecular weight is 175 g/mol. The van der Waals surface area contributed by atoms with Gasteiger partial charge in [0.25, 0.3) is 0 Å². The Morgan fingerprint density at radius 2 is 2.36 bits per heavy atom. The van der Waals surface area contributed by atoms with E-state index in [1.165, 1.54) is 16.3 Å². The molecule has 6 heteroatoms. The highest BCUT2D eigenvalue weighted by Gasteiger charge is 2.06. The Kier molecular flexibility index (Phi) is 2.35. The lowest BCUT2D eigenvalue weighted by Crippen LogP contribution is -2.22. The number of hydrogen-bond donors (Lipinski definition) is 1. The van der Waals surface area contributed by atoms with Crippen molar-refractivity contribution < 1.29 is 5.11 Å². The minimum atomic E-state index is -0.368. The molecule has 1 heterocycles. The second-order valence-corrected chi connectivity index (χ2v) is 2.74. The molecule has 0 aliphatic carbocycles. The molecule has 0 atom stereocenters. The summed E-state index contributed by atoms with van der Waals surface area (Å²) in [6.45, 7) is -0.368. The molecule has 0 radical (unpaired) electrons. The molecule has 0 bridgehead atoms. The van der Waals surface area contributed by atoms with Crippen LogP contribution in [0.1, 0.15) is 0 Å². The maximum absolute atomic E-state index is 11.1. The van der Waals surface area contributed by atoms with Gasteiger partial charge in [0.1, 0.15) is 6.73 Å². The minimum Gasteiger partial charge on any atom is -0.374 e. The molecule has 0 saturated heterocycles. The molecule has 0 aliphatic rings. The van der Waals surface area contributed by atoms with E-state index in [1.54, 1.807) is 7.05 Å². The summed E-state index contributed by atoms with van der Waals surface area (Å²) >= 11 is 1.37. The maximum Gasteiger partial charge on any atom is 0.348 e. The number of aliphatic hydroxyl groups excluding tert-OH is 1. The predicted molar refractivity (Wildman–Crippen MR) is 41.5 cm³/mol. The summed E-state index contributed by atoms with van der Waals surface area (Å²) in [5, 5.41) is 13.1. The van der Waals surface area contributed by atoms with Crippen molar-refractivity contribution in [2.45, 2.75) is 11.9 Å². The molecule has 0 aromatic carbocycles. The van der Waals surface area contributed by atoms with Crippen molar-refractivity contribution in [3.63, 3.8) is 0 Å². The van der Waals surface area contributed by atoms with Crippen LogP contribution in [0.2, 0.25) is 0 Å². The van der Waals surface area contributed by atoms with Crippen LogP contribution in [-0.2, 0) is 13.8 Å². The van der Waals surface area contributed by atoms with Gasteiger partial charge in [-0.2, -0.15) is 4.68 Å². The largest absolute Gasteiger partial charge is 0.374 e. The quantitative estimate of drug-likeness (QED) is 0.601. The number of thioether (sulfide) groups is 1. The molecule has 1 aromatic rings. The molecule has 0 amide bonds. The number of nitrogens with zero attached hydrogens (tertiary/aromatic N) is 3. The molecule has 11 heavy (non-hydrogen) atoms. The first-order chi connectivity index (χ1) is 5.20. The highest BCUT2D eigenvalue weighted by Crippen LogP contribution is 2.06. The van der Waals surface area contributed by atoms with Crippen LogP contribution in [0, 0.1) is 0 Å². The lowest BCUT2D eigenvalue weighted by atomic mass is 11.0. The molecule has 0 fully saturated rings. The first-order valence-corrected chi connectivity index (χ1v) is 4.22. The highest BCUT2D eigenvalue weighted by molar-refractivity contribution is 7.98. The van der Waals surface area contributed by atoms with E-state index < -0.39 is 0 Å². The Balaban J connectivity index is 3.23. The molecule has 0 spiro atoms. The van der Waals surface area contributed by atoms with Crippen LogP contribution in [0.15, 0.2) is 9.95 Å². The van der Waals surface area contributed by atoms with E-state index in [-0.39, 0.29) is 12.4 Å². The van der Waals surface area contributed by atoms with Crippen molar-refractivity contribution >= 4 is 11.8 Å². The van der Waals surface area contributed by atoms with E-state index in [9.17, 15) is 4.79 Å². The number of rotatable bonds is 2. The molecule has 1 rings (SSSR count). The van der Waals surface area contributed by atoms with Gasteiger partial charge in [0.05, 0.1) is 0 Å². The molecular formula is C5H9N3O2S. The molecule has 5 nitrogen and oxygen atoms in total. The lowest BCUT2D eigenvalue weighted by molar-refractivity contribution is 0.189. The first-order valence-electron chi connectivity index (χ1n) is 2.99. The first kappa shape index (κ1) is 8.35. The van der Waals surface area contributed by atoms with E-state index in [0.717, 1.165) is 4.68 Å². The van der Waals surface area contributed by atoms with Crippen molar-refractivity contribution in [1.29, 1.82) is 0 Å². The molecule has 0 unspecified atom stereocenters. The van der Waals surface area contributed by atoms with Gasteiger partial charge in [-0.25, -0.2) is 4.79 Å². The third-order valence-corrected chi connectivity index (χ3v) is 2.04. The van der Waals surface area contributed by atoms with Gasteiger partial charge < -0.3 is 5.11 Å². The summed E-state index contributed by atoms with van der Waals surface area (Å²) in [5.74, 6) is 0. The van der Waals surface area contributed by atoms with E-state index >= 15 is 0 Å². The average Bonchev–Trinajstić information content (AvgIpc) is 2.30. The molecule has 1 N–H and O–H groups in total. The van der Waals surface area contributed by atoms with Gasteiger partial charge in [-0.15, -0.1) is 5.10 Å². The smallest absolute Gasteiger partial charge is 0.348 e. The zero-order valence-corrected chi connectivity index (χ0v) is 7.13. The highest BCUT2D eigenvalue weighted by atomic mass is 32.2. The summed E-state index contributed by atoms with van der Waals surface area (Å²) in [6.07, 6.45) is 1.82. The van der Waals surface area contributed by atoms with Gasteiger partial charge in [-0.1, -0.05) is 11.8 Å². The molecular weight excluding hydrogens is 166 g/mol. The molecule has 62 valence electrons. The van der Waals surface area contributed by atoms with Crippen LogP contribution in [-0.4, -0.2) is 25.7 Å². The van der Waals surface area contributed by atoms with Crippen LogP contribution < -0.4 is 5.69 Å². The van der Waals surface area contributed by atoms with E-state index in [2.05, 4.69) is 5.10 Å². The maximum atomic E-state index is 11.1. The third-order valence-electron chi connectivity index (χ3n) is 1.32. The van der Waals surface area contributed by atoms with Gasteiger partial charge in [0, 0.05) is 7.05 Å². The molecule has 1 aromatic heterocycles. The van der Waals surface area contributed by atoms with Gasteiger partial charge >= 0.3 is 5.69 Å². The van der Waals surface area contributed by atoms with Crippen molar-refractivity contribution in [2.75, 3.05) is 6.26 Å². The van der Waals surface area contributed by atoms with E-state index in [4.69, 9.17) is 5.11 Å². The van der Waals surface area contributed by atoms with Gasteiger partial charge in [-0.05, 0) is 6.26 Å². The second kappa shape index (κ2) is 3.10. The number of hydrogen-bond acceptors (Lipinski definition) is 4. The Bertz CT molecular complexity index is 303. The van der Waals surface area contributed by atoms with Crippen molar-refractivity contribution in [2.24, 2.45) is 7.05 Å². The lowest BCUT2D eigenvalue weighted by Gasteiger charge is -1.88. The van der Waals surface area contributed by atoms with Crippen LogP contribution >= 0.6 is 11.8 Å². The Labute approximate surface area is 67.6 Å². The van der Waals surface area contributed by atoms with E-state index in [0.29, 0.717) is 5.16 Å². The van der Waals surface area contributed by atoms with Crippen molar-refractivity contribution in [3.05, 3.63) is 10.5 Å². The van der Waals surface area contributed by atoms with Crippen LogP contribution in [0.5, 0.6) is 0 Å². The van der Waals surface area contributed by atoms with Gasteiger partial charge in [0.15, 0.2) is 5.16 Å². The number of aromatic nitrogens is 3. The molecule has 0 saturated carbocycles. The zero-order chi connectivity index (χ0) is 8.43. The van der Waals surface area contributed by atoms with Gasteiger partial charge in [-0.3, -0.25) is 4.57 Å². The van der Waals surface area contributed by atoms with Gasteiger partial charge in [0.2, 0.25) is 0 Å². The van der Waals surface area contributed by atoms with Crippen LogP contribution in [0.4, 0.5) is 0 Å². The van der Waals surface area contributed by atoms with Crippen LogP contribution in [0.25, 0.3) is 0 Å². The summed E-state index contributed by atoms with van der Waals surface area (Å²) in [6, 6.07) is 0. The fourth-order valence-electron chi connectivity index (χ4n) is 0.738. The third kappa shape index (κ3) is 1.31. The zero-order valence-electron chi connectivity index (χ0n) is 6.31. The normalized spacial score (nSPS) is 10.5. The fraction of sp³-hybridized carbons (Fsp3) is 0.600. The number of aliphatic hydroxyl groups is 1. The Morgan fingerprint density at radius 3 is 2.64 bits per heavy atom. The standard InChI is InChI=1S/C5H9N3O2S/c1-7-4(11-2)6-8(3-9)5(7)10/h9H,3H2,1-2H3. The molecule has 0 aliphatic heterocycles. The van der Waals surface area contributed by atoms with Crippen LogP contribution in [0.3, 0.4) is 0 Å². The summed E-state index contributed by atoms with van der Waals surface area (Å²) in [4.78, 5) is 11.1. The summed E-state index contributed by atoms with van der Waals surface area (Å²) in [5.41, 5.74) is -0.295. The Morgan fingerprint density at radius 1 is 1.73 bits per heavy atom. The fourth-order valence-corrected chi connectivity index (χ4v) is 1.27. The minimum absolute atomic E-state index is 0.295. The van der Waals surface area contributed by atoms with E-state index in [1.807, 2.05) is 6.26 Å². The monoisotopic (exact) mass is 175 g/mol. The summed E-state index contributed by atoms with van der Waals surface area (Å²) in [7, 11) is 1.62. The van der Waals surface area contributed by atoms with Crippen molar-refractivity contribution in [1.82, 2.24) is 14.3 Å². The predicted octanol–water partition coefficient (Wildman–Crippen LogP) is -0.747.